The summed E-state index contributed by atoms with van der Waals surface area (Å²) in [5.41, 5.74) is 3.76. The number of hydrogen-bond acceptors (Lipinski definition) is 6. The highest BCUT2D eigenvalue weighted by molar-refractivity contribution is 7.89. The summed E-state index contributed by atoms with van der Waals surface area (Å²) < 4.78 is 30.5. The van der Waals surface area contributed by atoms with Gasteiger partial charge in [0.05, 0.1) is 17.7 Å². The van der Waals surface area contributed by atoms with Crippen molar-refractivity contribution in [3.05, 3.63) is 65.6 Å². The summed E-state index contributed by atoms with van der Waals surface area (Å²) in [6, 6.07) is 7.68. The molecule has 0 aliphatic carbocycles. The van der Waals surface area contributed by atoms with Crippen LogP contribution in [0.25, 0.3) is 10.4 Å². The molecule has 2 aromatic heterocycles. The van der Waals surface area contributed by atoms with Crippen LogP contribution in [0.1, 0.15) is 50.4 Å². The summed E-state index contributed by atoms with van der Waals surface area (Å²) in [4.78, 5) is 35.9. The van der Waals surface area contributed by atoms with Crippen LogP contribution in [0.4, 0.5) is 5.69 Å². The predicted octanol–water partition coefficient (Wildman–Crippen LogP) is 4.64. The number of likely N-dealkylation sites (tertiary alicyclic amines) is 1. The molecule has 1 aliphatic heterocycles. The molecule has 1 saturated heterocycles. The number of anilines is 1. The summed E-state index contributed by atoms with van der Waals surface area (Å²) in [7, 11) is -4.19. The average Bonchev–Trinajstić information content (AvgIpc) is 3.60. The van der Waals surface area contributed by atoms with Crippen LogP contribution in [0.5, 0.6) is 0 Å². The molecule has 1 aliphatic rings. The smallest absolute Gasteiger partial charge is 0.243 e. The number of aryl methyl sites for hydroxylation is 2. The Hall–Kier alpha value is -3.28. The number of nitrogens with zero attached hydrogens (tertiary/aromatic N) is 2. The quantitative estimate of drug-likeness (QED) is 0.290. The first-order valence-electron chi connectivity index (χ1n) is 13.1. The fourth-order valence-electron chi connectivity index (χ4n) is 4.61. The van der Waals surface area contributed by atoms with Crippen LogP contribution in [0.3, 0.4) is 0 Å². The van der Waals surface area contributed by atoms with Crippen LogP contribution in [0.2, 0.25) is 0 Å². The number of sulfonamides is 1. The first kappa shape index (κ1) is 28.7. The van der Waals surface area contributed by atoms with E-state index in [1.165, 1.54) is 17.4 Å². The molecular formula is C28H35N5O4S2. The fraction of sp³-hybridized carbons (Fsp3) is 0.393. The zero-order valence-electron chi connectivity index (χ0n) is 22.3. The molecule has 2 amide bonds. The minimum Gasteiger partial charge on any atom is -0.348 e. The predicted molar refractivity (Wildman–Crippen MR) is 154 cm³/mol. The highest BCUT2D eigenvalue weighted by Crippen LogP contribution is 2.36. The van der Waals surface area contributed by atoms with E-state index < -0.39 is 16.1 Å². The SMILES string of the molecule is C=C1CCN(C(=O)[C@H](CCCc2nc[nH]c2C)NS(=O)(=O)c2cccc(-c3cccs3)c2NC(=O)CC)CC1. The molecule has 1 atom stereocenters. The van der Waals surface area contributed by atoms with Crippen molar-refractivity contribution in [1.82, 2.24) is 19.6 Å². The molecule has 208 valence electrons. The third-order valence-corrected chi connectivity index (χ3v) is 9.32. The number of benzene rings is 1. The van der Waals surface area contributed by atoms with Gasteiger partial charge in [0, 0.05) is 35.6 Å². The lowest BCUT2D eigenvalue weighted by atomic mass is 10.0. The Labute approximate surface area is 233 Å². The van der Waals surface area contributed by atoms with Crippen molar-refractivity contribution >= 4 is 38.9 Å². The number of thiophene rings is 1. The largest absolute Gasteiger partial charge is 0.348 e. The number of carbonyl (C=O) groups excluding carboxylic acids is 2. The third-order valence-electron chi connectivity index (χ3n) is 6.91. The molecule has 1 fully saturated rings. The monoisotopic (exact) mass is 569 g/mol. The Bertz CT molecular complexity index is 1420. The van der Waals surface area contributed by atoms with E-state index in [4.69, 9.17) is 0 Å². The number of para-hydroxylation sites is 1. The van der Waals surface area contributed by atoms with Gasteiger partial charge in [0.15, 0.2) is 0 Å². The maximum Gasteiger partial charge on any atom is 0.243 e. The number of hydrogen-bond donors (Lipinski definition) is 3. The first-order valence-corrected chi connectivity index (χ1v) is 15.5. The van der Waals surface area contributed by atoms with Crippen molar-refractivity contribution in [2.75, 3.05) is 18.4 Å². The second kappa shape index (κ2) is 12.7. The number of amides is 2. The molecule has 0 bridgehead atoms. The van der Waals surface area contributed by atoms with Crippen LogP contribution in [-0.4, -0.2) is 54.2 Å². The molecule has 3 aromatic rings. The van der Waals surface area contributed by atoms with Crippen molar-refractivity contribution in [2.24, 2.45) is 0 Å². The van der Waals surface area contributed by atoms with E-state index in [2.05, 4.69) is 26.6 Å². The number of rotatable bonds is 11. The number of piperidine rings is 1. The number of imidazole rings is 1. The van der Waals surface area contributed by atoms with Crippen LogP contribution in [0, 0.1) is 6.92 Å². The number of H-pyrrole nitrogens is 1. The topological polar surface area (TPSA) is 124 Å². The molecule has 0 unspecified atom stereocenters. The van der Waals surface area contributed by atoms with Gasteiger partial charge in [-0.25, -0.2) is 13.4 Å². The molecule has 9 nitrogen and oxygen atoms in total. The highest BCUT2D eigenvalue weighted by atomic mass is 32.2. The van der Waals surface area contributed by atoms with Crippen molar-refractivity contribution < 1.29 is 18.0 Å². The van der Waals surface area contributed by atoms with Crippen LogP contribution in [-0.2, 0) is 26.0 Å². The van der Waals surface area contributed by atoms with Crippen LogP contribution < -0.4 is 10.0 Å². The Morgan fingerprint density at radius 1 is 1.21 bits per heavy atom. The van der Waals surface area contributed by atoms with E-state index in [1.54, 1.807) is 30.3 Å². The summed E-state index contributed by atoms with van der Waals surface area (Å²) in [6.45, 7) is 8.68. The second-order valence-corrected chi connectivity index (χ2v) is 12.3. The maximum absolute atomic E-state index is 13.9. The maximum atomic E-state index is 13.9. The normalized spacial score (nSPS) is 14.8. The Balaban J connectivity index is 1.64. The van der Waals surface area contributed by atoms with Gasteiger partial charge in [-0.3, -0.25) is 9.59 Å². The second-order valence-electron chi connectivity index (χ2n) is 9.67. The lowest BCUT2D eigenvalue weighted by Crippen LogP contribution is -2.50. The van der Waals surface area contributed by atoms with Gasteiger partial charge in [-0.1, -0.05) is 37.3 Å². The lowest BCUT2D eigenvalue weighted by molar-refractivity contribution is -0.133. The van der Waals surface area contributed by atoms with Crippen molar-refractivity contribution in [3.63, 3.8) is 0 Å². The summed E-state index contributed by atoms with van der Waals surface area (Å²) >= 11 is 1.45. The third kappa shape index (κ3) is 7.03. The standard InChI is InChI=1S/C28H35N5O4S2/c1-4-26(34)31-27-21(24-11-7-17-38-24)8-5-12-25(27)39(36,37)32-23(10-6-9-22-20(3)29-18-30-22)28(35)33-15-13-19(2)14-16-33/h5,7-8,11-12,17-18,23,32H,2,4,6,9-10,13-16H2,1,3H3,(H,29,30)(H,31,34)/t23-/m0/s1. The van der Waals surface area contributed by atoms with E-state index in [-0.39, 0.29) is 28.8 Å². The van der Waals surface area contributed by atoms with Crippen LogP contribution >= 0.6 is 11.3 Å². The Morgan fingerprint density at radius 2 is 1.97 bits per heavy atom. The van der Waals surface area contributed by atoms with Gasteiger partial charge in [-0.2, -0.15) is 4.72 Å². The van der Waals surface area contributed by atoms with E-state index in [9.17, 15) is 18.0 Å². The summed E-state index contributed by atoms with van der Waals surface area (Å²) in [5, 5.41) is 4.69. The van der Waals surface area contributed by atoms with E-state index in [1.807, 2.05) is 24.4 Å². The molecule has 0 spiro atoms. The van der Waals surface area contributed by atoms with E-state index >= 15 is 0 Å². The minimum absolute atomic E-state index is 0.0665. The summed E-state index contributed by atoms with van der Waals surface area (Å²) in [6.07, 6.45) is 4.72. The molecule has 4 rings (SSSR count). The number of carbonyl (C=O) groups is 2. The number of aromatic amines is 1. The van der Waals surface area contributed by atoms with Gasteiger partial charge in [0.25, 0.3) is 0 Å². The molecule has 11 heteroatoms. The van der Waals surface area contributed by atoms with E-state index in [0.717, 1.165) is 21.8 Å². The van der Waals surface area contributed by atoms with Crippen LogP contribution in [0.15, 0.2) is 59.1 Å². The van der Waals surface area contributed by atoms with Crippen molar-refractivity contribution in [2.45, 2.75) is 63.3 Å². The zero-order valence-corrected chi connectivity index (χ0v) is 24.0. The van der Waals surface area contributed by atoms with Gasteiger partial charge >= 0.3 is 0 Å². The van der Waals surface area contributed by atoms with Crippen molar-refractivity contribution in [3.8, 4) is 10.4 Å². The van der Waals surface area contributed by atoms with Gasteiger partial charge in [-0.05, 0) is 56.5 Å². The Kier molecular flexibility index (Phi) is 9.36. The van der Waals surface area contributed by atoms with Gasteiger partial charge in [-0.15, -0.1) is 11.3 Å². The fourth-order valence-corrected chi connectivity index (χ4v) is 6.77. The minimum atomic E-state index is -4.19. The molecule has 1 aromatic carbocycles. The molecule has 39 heavy (non-hydrogen) atoms. The summed E-state index contributed by atoms with van der Waals surface area (Å²) in [5.74, 6) is -0.551. The molecule has 3 N–H and O–H groups in total. The molecular weight excluding hydrogens is 534 g/mol. The van der Waals surface area contributed by atoms with Gasteiger partial charge in [0.1, 0.15) is 10.9 Å². The number of nitrogens with one attached hydrogen (secondary N) is 3. The Morgan fingerprint density at radius 3 is 2.62 bits per heavy atom. The van der Waals surface area contributed by atoms with E-state index in [0.29, 0.717) is 50.8 Å². The molecule has 0 saturated carbocycles. The number of aromatic nitrogens is 2. The lowest BCUT2D eigenvalue weighted by Gasteiger charge is -2.31. The van der Waals surface area contributed by atoms with Gasteiger partial charge < -0.3 is 15.2 Å². The first-order chi connectivity index (χ1) is 18.7. The molecule has 3 heterocycles. The van der Waals surface area contributed by atoms with Gasteiger partial charge in [0.2, 0.25) is 21.8 Å². The van der Waals surface area contributed by atoms with Crippen molar-refractivity contribution in [1.29, 1.82) is 0 Å². The average molecular weight is 570 g/mol. The molecule has 0 radical (unpaired) electrons. The zero-order chi connectivity index (χ0) is 28.0. The highest BCUT2D eigenvalue weighted by Gasteiger charge is 2.32.